The molecule has 3 rings (SSSR count). The lowest BCUT2D eigenvalue weighted by atomic mass is 9.90. The molecule has 2 aromatic rings. The summed E-state index contributed by atoms with van der Waals surface area (Å²) in [4.78, 5) is 14.6. The van der Waals surface area contributed by atoms with E-state index < -0.39 is 9.84 Å². The summed E-state index contributed by atoms with van der Waals surface area (Å²) in [5, 5.41) is 0.140. The fourth-order valence-electron chi connectivity index (χ4n) is 3.69. The monoisotopic (exact) mass is 435 g/mol. The van der Waals surface area contributed by atoms with Crippen molar-refractivity contribution in [2.75, 3.05) is 26.5 Å². The lowest BCUT2D eigenvalue weighted by Gasteiger charge is -2.32. The van der Waals surface area contributed by atoms with Crippen LogP contribution in [0.3, 0.4) is 0 Å². The highest BCUT2D eigenvalue weighted by atomic mass is 35.5. The van der Waals surface area contributed by atoms with Gasteiger partial charge >= 0.3 is 0 Å². The Labute approximate surface area is 177 Å². The minimum Gasteiger partial charge on any atom is -0.497 e. The first-order chi connectivity index (χ1) is 13.8. The number of rotatable bonds is 6. The van der Waals surface area contributed by atoms with E-state index in [0.717, 1.165) is 37.7 Å². The van der Waals surface area contributed by atoms with Gasteiger partial charge in [0.05, 0.1) is 17.0 Å². The van der Waals surface area contributed by atoms with Gasteiger partial charge in [-0.3, -0.25) is 4.79 Å². The number of sulfone groups is 1. The third kappa shape index (κ3) is 5.52. The second-order valence-corrected chi connectivity index (χ2v) is 9.93. The molecule has 0 spiro atoms. The van der Waals surface area contributed by atoms with E-state index in [1.807, 2.05) is 12.1 Å². The average Bonchev–Trinajstić information content (AvgIpc) is 2.72. The van der Waals surface area contributed by atoms with Crippen molar-refractivity contribution in [2.24, 2.45) is 5.92 Å². The number of ether oxygens (including phenoxy) is 1. The molecular formula is C22H26ClNO4S. The summed E-state index contributed by atoms with van der Waals surface area (Å²) in [6.45, 7) is 1.37. The zero-order chi connectivity index (χ0) is 21.0. The van der Waals surface area contributed by atoms with E-state index in [0.29, 0.717) is 24.6 Å². The predicted octanol–water partition coefficient (Wildman–Crippen LogP) is 4.24. The van der Waals surface area contributed by atoms with Crippen molar-refractivity contribution in [3.8, 4) is 5.75 Å². The van der Waals surface area contributed by atoms with Crippen LogP contribution >= 0.6 is 11.6 Å². The van der Waals surface area contributed by atoms with E-state index in [9.17, 15) is 13.2 Å². The molecular weight excluding hydrogens is 410 g/mol. The Kier molecular flexibility index (Phi) is 6.85. The highest BCUT2D eigenvalue weighted by Gasteiger charge is 2.25. The first kappa shape index (κ1) is 21.7. The number of hydrogen-bond acceptors (Lipinski definition) is 4. The molecule has 0 radical (unpaired) electrons. The van der Waals surface area contributed by atoms with E-state index in [1.165, 1.54) is 17.7 Å². The molecule has 1 fully saturated rings. The molecule has 5 nitrogen and oxygen atoms in total. The number of nitrogens with zero attached hydrogens (tertiary/aromatic N) is 1. The number of aryl methyl sites for hydroxylation is 1. The molecule has 0 aromatic heterocycles. The maximum absolute atomic E-state index is 12.8. The van der Waals surface area contributed by atoms with Gasteiger partial charge in [-0.05, 0) is 67.5 Å². The van der Waals surface area contributed by atoms with Crippen LogP contribution in [-0.4, -0.2) is 45.7 Å². The fraction of sp³-hybridized carbons (Fsp3) is 0.409. The zero-order valence-electron chi connectivity index (χ0n) is 16.7. The molecule has 0 unspecified atom stereocenters. The van der Waals surface area contributed by atoms with Crippen molar-refractivity contribution in [1.82, 2.24) is 4.90 Å². The number of amides is 1. The smallest absolute Gasteiger partial charge is 0.253 e. The summed E-state index contributed by atoms with van der Waals surface area (Å²) in [7, 11) is -1.81. The van der Waals surface area contributed by atoms with Crippen LogP contribution in [0.15, 0.2) is 47.4 Å². The van der Waals surface area contributed by atoms with Gasteiger partial charge in [0, 0.05) is 24.9 Å². The van der Waals surface area contributed by atoms with Crippen molar-refractivity contribution in [3.63, 3.8) is 0 Å². The third-order valence-electron chi connectivity index (χ3n) is 5.48. The molecule has 2 aromatic carbocycles. The highest BCUT2D eigenvalue weighted by molar-refractivity contribution is 7.90. The van der Waals surface area contributed by atoms with E-state index in [1.54, 1.807) is 18.1 Å². The van der Waals surface area contributed by atoms with Gasteiger partial charge in [-0.25, -0.2) is 8.42 Å². The van der Waals surface area contributed by atoms with Crippen molar-refractivity contribution >= 4 is 27.3 Å². The Morgan fingerprint density at radius 1 is 1.14 bits per heavy atom. The largest absolute Gasteiger partial charge is 0.497 e. The molecule has 0 N–H and O–H groups in total. The highest BCUT2D eigenvalue weighted by Crippen LogP contribution is 2.26. The molecule has 1 amide bonds. The molecule has 0 atom stereocenters. The van der Waals surface area contributed by atoms with Crippen LogP contribution in [0.5, 0.6) is 5.75 Å². The van der Waals surface area contributed by atoms with E-state index in [-0.39, 0.29) is 15.8 Å². The Balaban J connectivity index is 1.55. The van der Waals surface area contributed by atoms with Crippen molar-refractivity contribution in [1.29, 1.82) is 0 Å². The number of methoxy groups -OCH3 is 1. The van der Waals surface area contributed by atoms with E-state index >= 15 is 0 Å². The van der Waals surface area contributed by atoms with E-state index in [4.69, 9.17) is 16.3 Å². The normalized spacial score (nSPS) is 15.3. The maximum atomic E-state index is 12.8. The molecule has 1 heterocycles. The first-order valence-corrected chi connectivity index (χ1v) is 12.0. The SMILES string of the molecule is COc1ccc(CCC2CCN(C(=O)c3ccc(Cl)c(S(C)(=O)=O)c3)CC2)cc1. The molecule has 1 saturated heterocycles. The molecule has 29 heavy (non-hydrogen) atoms. The summed E-state index contributed by atoms with van der Waals surface area (Å²) in [6, 6.07) is 12.6. The lowest BCUT2D eigenvalue weighted by Crippen LogP contribution is -2.38. The quantitative estimate of drug-likeness (QED) is 0.680. The number of carbonyl (C=O) groups excluding carboxylic acids is 1. The summed E-state index contributed by atoms with van der Waals surface area (Å²) in [5.41, 5.74) is 1.66. The van der Waals surface area contributed by atoms with Gasteiger partial charge < -0.3 is 9.64 Å². The van der Waals surface area contributed by atoms with Crippen LogP contribution in [0.1, 0.15) is 35.2 Å². The third-order valence-corrected chi connectivity index (χ3v) is 7.06. The molecule has 0 aliphatic carbocycles. The number of benzene rings is 2. The second kappa shape index (κ2) is 9.18. The van der Waals surface area contributed by atoms with Crippen LogP contribution in [0.4, 0.5) is 0 Å². The molecule has 1 aliphatic rings. The van der Waals surface area contributed by atoms with Gasteiger partial charge in [-0.15, -0.1) is 0 Å². The van der Waals surface area contributed by atoms with Crippen LogP contribution in [0.2, 0.25) is 5.02 Å². The van der Waals surface area contributed by atoms with Gasteiger partial charge in [0.2, 0.25) is 0 Å². The van der Waals surface area contributed by atoms with Gasteiger partial charge in [0.1, 0.15) is 5.75 Å². The van der Waals surface area contributed by atoms with Gasteiger partial charge in [0.25, 0.3) is 5.91 Å². The molecule has 7 heteroatoms. The van der Waals surface area contributed by atoms with Crippen LogP contribution in [0, 0.1) is 5.92 Å². The maximum Gasteiger partial charge on any atom is 0.253 e. The minimum absolute atomic E-state index is 0.000561. The Bertz CT molecular complexity index is 965. The Hall–Kier alpha value is -2.05. The topological polar surface area (TPSA) is 63.7 Å². The number of halogens is 1. The summed E-state index contributed by atoms with van der Waals surface area (Å²) < 4.78 is 28.9. The van der Waals surface area contributed by atoms with Crippen LogP contribution < -0.4 is 4.74 Å². The number of hydrogen-bond donors (Lipinski definition) is 0. The van der Waals surface area contributed by atoms with Crippen molar-refractivity contribution in [3.05, 3.63) is 58.6 Å². The first-order valence-electron chi connectivity index (χ1n) is 9.69. The Morgan fingerprint density at radius 3 is 2.38 bits per heavy atom. The fourth-order valence-corrected chi connectivity index (χ4v) is 4.99. The van der Waals surface area contributed by atoms with Crippen molar-refractivity contribution in [2.45, 2.75) is 30.6 Å². The van der Waals surface area contributed by atoms with Crippen molar-refractivity contribution < 1.29 is 17.9 Å². The molecule has 156 valence electrons. The standard InChI is InChI=1S/C22H26ClNO4S/c1-28-19-8-5-16(6-9-19)3-4-17-11-13-24(14-12-17)22(25)18-7-10-20(23)21(15-18)29(2,26)27/h5-10,15,17H,3-4,11-14H2,1-2H3. The van der Waals surface area contributed by atoms with Crippen LogP contribution in [-0.2, 0) is 16.3 Å². The number of carbonyl (C=O) groups is 1. The van der Waals surface area contributed by atoms with Gasteiger partial charge in [0.15, 0.2) is 9.84 Å². The molecule has 0 saturated carbocycles. The van der Waals surface area contributed by atoms with Gasteiger partial charge in [-0.1, -0.05) is 23.7 Å². The lowest BCUT2D eigenvalue weighted by molar-refractivity contribution is 0.0686. The molecule has 1 aliphatic heterocycles. The zero-order valence-corrected chi connectivity index (χ0v) is 18.3. The summed E-state index contributed by atoms with van der Waals surface area (Å²) in [6.07, 6.45) is 5.10. The average molecular weight is 436 g/mol. The van der Waals surface area contributed by atoms with Gasteiger partial charge in [-0.2, -0.15) is 0 Å². The summed E-state index contributed by atoms with van der Waals surface area (Å²) in [5.74, 6) is 1.31. The number of likely N-dealkylation sites (tertiary alicyclic amines) is 1. The number of piperidine rings is 1. The summed E-state index contributed by atoms with van der Waals surface area (Å²) >= 11 is 5.98. The van der Waals surface area contributed by atoms with Crippen LogP contribution in [0.25, 0.3) is 0 Å². The minimum atomic E-state index is -3.48. The molecule has 0 bridgehead atoms. The predicted molar refractivity (Wildman–Crippen MR) is 115 cm³/mol. The van der Waals surface area contributed by atoms with E-state index in [2.05, 4.69) is 12.1 Å². The second-order valence-electron chi connectivity index (χ2n) is 7.54. The Morgan fingerprint density at radius 2 is 1.79 bits per heavy atom.